The molecule has 17 heavy (non-hydrogen) atoms. The third-order valence-electron chi connectivity index (χ3n) is 2.35. The van der Waals surface area contributed by atoms with Crippen LogP contribution in [0.2, 0.25) is 0 Å². The van der Waals surface area contributed by atoms with Crippen LogP contribution in [0.1, 0.15) is 19.8 Å². The molecule has 94 valence electrons. The van der Waals surface area contributed by atoms with Crippen molar-refractivity contribution in [3.8, 4) is 0 Å². The molecule has 0 aromatic rings. The monoisotopic (exact) mass is 239 g/mol. The van der Waals surface area contributed by atoms with Gasteiger partial charge in [0.05, 0.1) is 19.3 Å². The average Bonchev–Trinajstić information content (AvgIpc) is 2.83. The van der Waals surface area contributed by atoms with Crippen LogP contribution in [0, 0.1) is 0 Å². The number of carbonyl (C=O) groups excluding carboxylic acids is 2. The van der Waals surface area contributed by atoms with Crippen LogP contribution in [0.5, 0.6) is 0 Å². The van der Waals surface area contributed by atoms with E-state index in [1.807, 2.05) is 0 Å². The van der Waals surface area contributed by atoms with E-state index in [2.05, 4.69) is 10.1 Å². The fraction of sp³-hybridized carbons (Fsp3) is 0.500. The second kappa shape index (κ2) is 6.73. The highest BCUT2D eigenvalue weighted by Crippen LogP contribution is 2.16. The summed E-state index contributed by atoms with van der Waals surface area (Å²) < 4.78 is 9.42. The Morgan fingerprint density at radius 3 is 2.71 bits per heavy atom. The topological polar surface area (TPSA) is 64.6 Å². The quantitative estimate of drug-likeness (QED) is 0.583. The van der Waals surface area contributed by atoms with Crippen LogP contribution < -0.4 is 5.32 Å². The molecule has 0 aromatic carbocycles. The van der Waals surface area contributed by atoms with Crippen molar-refractivity contribution in [2.45, 2.75) is 19.8 Å². The van der Waals surface area contributed by atoms with Crippen LogP contribution in [0.25, 0.3) is 0 Å². The molecular formula is C12H17NO4. The van der Waals surface area contributed by atoms with Crippen molar-refractivity contribution in [1.82, 2.24) is 5.32 Å². The predicted molar refractivity (Wildman–Crippen MR) is 62.1 cm³/mol. The van der Waals surface area contributed by atoms with Gasteiger partial charge in [-0.1, -0.05) is 0 Å². The van der Waals surface area contributed by atoms with Crippen LogP contribution in [0.3, 0.4) is 0 Å². The number of rotatable bonds is 4. The van der Waals surface area contributed by atoms with Gasteiger partial charge in [-0.05, 0) is 25.8 Å². The minimum atomic E-state index is -0.465. The lowest BCUT2D eigenvalue weighted by Gasteiger charge is -2.05. The molecule has 1 saturated heterocycles. The first-order valence-corrected chi connectivity index (χ1v) is 5.59. The van der Waals surface area contributed by atoms with E-state index in [0.29, 0.717) is 12.2 Å². The zero-order valence-corrected chi connectivity index (χ0v) is 10.1. The molecule has 5 nitrogen and oxygen atoms in total. The Kier molecular flexibility index (Phi) is 5.26. The summed E-state index contributed by atoms with van der Waals surface area (Å²) in [6.07, 6.45) is 4.45. The number of allylic oxidation sites excluding steroid dienone is 1. The zero-order chi connectivity index (χ0) is 12.7. The first-order valence-electron chi connectivity index (χ1n) is 5.59. The van der Waals surface area contributed by atoms with Gasteiger partial charge in [0.25, 0.3) is 0 Å². The maximum atomic E-state index is 11.5. The minimum Gasteiger partial charge on any atom is -0.465 e. The largest absolute Gasteiger partial charge is 0.465 e. The van der Waals surface area contributed by atoms with E-state index in [1.165, 1.54) is 19.3 Å². The Labute approximate surface area is 100 Å². The number of ether oxygens (including phenoxy) is 2. The first kappa shape index (κ1) is 13.3. The van der Waals surface area contributed by atoms with Gasteiger partial charge < -0.3 is 14.8 Å². The number of hydrogen-bond acceptors (Lipinski definition) is 5. The average molecular weight is 239 g/mol. The molecule has 1 heterocycles. The van der Waals surface area contributed by atoms with Gasteiger partial charge >= 0.3 is 11.9 Å². The summed E-state index contributed by atoms with van der Waals surface area (Å²) in [4.78, 5) is 22.7. The van der Waals surface area contributed by atoms with E-state index >= 15 is 0 Å². The zero-order valence-electron chi connectivity index (χ0n) is 10.1. The van der Waals surface area contributed by atoms with Gasteiger partial charge in [-0.25, -0.2) is 9.59 Å². The van der Waals surface area contributed by atoms with Crippen LogP contribution in [0.4, 0.5) is 0 Å². The molecule has 1 rings (SSSR count). The summed E-state index contributed by atoms with van der Waals surface area (Å²) >= 11 is 0. The van der Waals surface area contributed by atoms with E-state index < -0.39 is 11.9 Å². The lowest BCUT2D eigenvalue weighted by atomic mass is 10.1. The highest BCUT2D eigenvalue weighted by atomic mass is 16.5. The van der Waals surface area contributed by atoms with Gasteiger partial charge in [0.1, 0.15) is 0 Å². The standard InChI is InChI=1S/C12H17NO4/c1-3-17-11(14)7-6-9(12(15)16-2)10-5-4-8-13-10/h6-7,13H,3-5,8H2,1-2H3/b7-6+,10-9+. The van der Waals surface area contributed by atoms with Gasteiger partial charge in [0, 0.05) is 18.3 Å². The van der Waals surface area contributed by atoms with Crippen LogP contribution in [-0.4, -0.2) is 32.2 Å². The number of methoxy groups -OCH3 is 1. The Balaban J connectivity index is 2.81. The van der Waals surface area contributed by atoms with E-state index in [0.717, 1.165) is 25.1 Å². The second-order valence-electron chi connectivity index (χ2n) is 3.50. The Bertz CT molecular complexity index is 350. The molecule has 0 unspecified atom stereocenters. The van der Waals surface area contributed by atoms with Crippen molar-refractivity contribution in [2.75, 3.05) is 20.3 Å². The fourth-order valence-corrected chi connectivity index (χ4v) is 1.57. The Morgan fingerprint density at radius 2 is 2.18 bits per heavy atom. The third kappa shape index (κ3) is 3.94. The van der Waals surface area contributed by atoms with Gasteiger partial charge in [0.2, 0.25) is 0 Å². The van der Waals surface area contributed by atoms with Gasteiger partial charge in [-0.2, -0.15) is 0 Å². The second-order valence-corrected chi connectivity index (χ2v) is 3.50. The van der Waals surface area contributed by atoms with Crippen molar-refractivity contribution in [3.63, 3.8) is 0 Å². The van der Waals surface area contributed by atoms with Crippen LogP contribution in [-0.2, 0) is 19.1 Å². The molecule has 0 spiro atoms. The summed E-state index contributed by atoms with van der Waals surface area (Å²) in [6, 6.07) is 0. The molecule has 0 amide bonds. The predicted octanol–water partition coefficient (Wildman–Crippen LogP) is 0.916. The molecule has 0 atom stereocenters. The smallest absolute Gasteiger partial charge is 0.339 e. The van der Waals surface area contributed by atoms with Crippen LogP contribution in [0.15, 0.2) is 23.4 Å². The molecule has 1 N–H and O–H groups in total. The first-order chi connectivity index (χ1) is 8.19. The molecule has 0 aliphatic carbocycles. The molecule has 0 bridgehead atoms. The van der Waals surface area contributed by atoms with E-state index in [9.17, 15) is 9.59 Å². The molecule has 1 aliphatic rings. The van der Waals surface area contributed by atoms with Gasteiger partial charge in [0.15, 0.2) is 0 Å². The number of hydrogen-bond donors (Lipinski definition) is 1. The molecule has 0 radical (unpaired) electrons. The molecular weight excluding hydrogens is 222 g/mol. The summed E-state index contributed by atoms with van der Waals surface area (Å²) in [5.74, 6) is -0.914. The van der Waals surface area contributed by atoms with Gasteiger partial charge in [-0.15, -0.1) is 0 Å². The maximum Gasteiger partial charge on any atom is 0.339 e. The van der Waals surface area contributed by atoms with Crippen molar-refractivity contribution in [2.24, 2.45) is 0 Å². The van der Waals surface area contributed by atoms with E-state index in [-0.39, 0.29) is 0 Å². The van der Waals surface area contributed by atoms with Gasteiger partial charge in [-0.3, -0.25) is 0 Å². The summed E-state index contributed by atoms with van der Waals surface area (Å²) in [7, 11) is 1.32. The van der Waals surface area contributed by atoms with Crippen molar-refractivity contribution >= 4 is 11.9 Å². The third-order valence-corrected chi connectivity index (χ3v) is 2.35. The molecule has 0 saturated carbocycles. The highest BCUT2D eigenvalue weighted by Gasteiger charge is 2.16. The van der Waals surface area contributed by atoms with Crippen molar-refractivity contribution in [3.05, 3.63) is 23.4 Å². The minimum absolute atomic E-state index is 0.311. The lowest BCUT2D eigenvalue weighted by molar-refractivity contribution is -0.137. The lowest BCUT2D eigenvalue weighted by Crippen LogP contribution is -2.13. The number of esters is 2. The summed E-state index contributed by atoms with van der Waals surface area (Å²) in [6.45, 7) is 2.87. The number of nitrogens with one attached hydrogen (secondary N) is 1. The summed E-state index contributed by atoms with van der Waals surface area (Å²) in [5, 5.41) is 3.10. The van der Waals surface area contributed by atoms with E-state index in [4.69, 9.17) is 4.74 Å². The SMILES string of the molecule is CCOC(=O)/C=C/C(C(=O)OC)=C1/CCCN1. The highest BCUT2D eigenvalue weighted by molar-refractivity contribution is 5.94. The summed E-state index contributed by atoms with van der Waals surface area (Å²) in [5.41, 5.74) is 1.20. The van der Waals surface area contributed by atoms with E-state index in [1.54, 1.807) is 6.92 Å². The Morgan fingerprint density at radius 1 is 1.41 bits per heavy atom. The maximum absolute atomic E-state index is 11.5. The molecule has 0 aromatic heterocycles. The van der Waals surface area contributed by atoms with Crippen molar-refractivity contribution < 1.29 is 19.1 Å². The number of carbonyl (C=O) groups is 2. The normalized spacial score (nSPS) is 17.8. The molecule has 1 fully saturated rings. The van der Waals surface area contributed by atoms with Crippen molar-refractivity contribution in [1.29, 1.82) is 0 Å². The molecule has 5 heteroatoms. The van der Waals surface area contributed by atoms with Crippen LogP contribution >= 0.6 is 0 Å². The molecule has 1 aliphatic heterocycles. The fourth-order valence-electron chi connectivity index (χ4n) is 1.57. The Hall–Kier alpha value is -1.78.